The van der Waals surface area contributed by atoms with Gasteiger partial charge in [-0.2, -0.15) is 0 Å². The Morgan fingerprint density at radius 2 is 2.25 bits per heavy atom. The third-order valence-corrected chi connectivity index (χ3v) is 2.93. The van der Waals surface area contributed by atoms with Gasteiger partial charge in [-0.05, 0) is 24.6 Å². The van der Waals surface area contributed by atoms with Gasteiger partial charge in [0.05, 0.1) is 6.26 Å². The normalized spacial score (nSPS) is 16.4. The summed E-state index contributed by atoms with van der Waals surface area (Å²) in [5, 5.41) is 4.16. The summed E-state index contributed by atoms with van der Waals surface area (Å²) < 4.78 is 18.7. The average Bonchev–Trinajstić information content (AvgIpc) is 2.75. The Balaban J connectivity index is 2.17. The molecule has 0 fully saturated rings. The largest absolute Gasteiger partial charge is 0.461 e. The van der Waals surface area contributed by atoms with Crippen LogP contribution in [0.2, 0.25) is 0 Å². The summed E-state index contributed by atoms with van der Waals surface area (Å²) >= 11 is 0. The summed E-state index contributed by atoms with van der Waals surface area (Å²) in [6, 6.07) is 5.03. The number of halogens is 1. The van der Waals surface area contributed by atoms with Crippen molar-refractivity contribution in [3.63, 3.8) is 0 Å². The molecule has 0 radical (unpaired) electrons. The zero-order chi connectivity index (χ0) is 11.0. The third-order valence-electron chi connectivity index (χ3n) is 2.93. The van der Waals surface area contributed by atoms with Gasteiger partial charge in [-0.1, -0.05) is 18.2 Å². The highest BCUT2D eigenvalue weighted by Gasteiger charge is 2.14. The molecule has 1 N–H and O–H groups in total. The van der Waals surface area contributed by atoms with E-state index in [-0.39, 0.29) is 5.82 Å². The standard InChI is InChI=1S/C13H12FNO/c14-12-5-1-4-10-11(8-16-13(10)12)9-3-2-6-15-7-9/h1,3-5,8,15H,2,6-7H2. The summed E-state index contributed by atoms with van der Waals surface area (Å²) in [7, 11) is 0. The zero-order valence-corrected chi connectivity index (χ0v) is 8.79. The van der Waals surface area contributed by atoms with E-state index in [1.807, 2.05) is 6.07 Å². The molecule has 0 saturated carbocycles. The minimum absolute atomic E-state index is 0.298. The molecule has 2 aromatic rings. The molecule has 2 heterocycles. The molecular formula is C13H12FNO. The topological polar surface area (TPSA) is 25.2 Å². The van der Waals surface area contributed by atoms with Crippen molar-refractivity contribution in [1.82, 2.24) is 5.32 Å². The first kappa shape index (κ1) is 9.60. The van der Waals surface area contributed by atoms with Crippen LogP contribution in [0.1, 0.15) is 12.0 Å². The van der Waals surface area contributed by atoms with E-state index in [0.29, 0.717) is 5.58 Å². The van der Waals surface area contributed by atoms with Gasteiger partial charge in [0.1, 0.15) is 0 Å². The van der Waals surface area contributed by atoms with E-state index < -0.39 is 0 Å². The van der Waals surface area contributed by atoms with Crippen molar-refractivity contribution < 1.29 is 8.81 Å². The maximum atomic E-state index is 13.4. The SMILES string of the molecule is Fc1cccc2c(C3=CCCNC3)coc12. The van der Waals surface area contributed by atoms with E-state index >= 15 is 0 Å². The van der Waals surface area contributed by atoms with E-state index in [1.165, 1.54) is 11.6 Å². The molecule has 2 nitrogen and oxygen atoms in total. The van der Waals surface area contributed by atoms with Crippen molar-refractivity contribution in [1.29, 1.82) is 0 Å². The van der Waals surface area contributed by atoms with Gasteiger partial charge < -0.3 is 9.73 Å². The maximum absolute atomic E-state index is 13.4. The molecule has 16 heavy (non-hydrogen) atoms. The van der Waals surface area contributed by atoms with Crippen LogP contribution in [-0.2, 0) is 0 Å². The molecule has 0 atom stereocenters. The van der Waals surface area contributed by atoms with Gasteiger partial charge in [0.15, 0.2) is 11.4 Å². The molecule has 0 saturated heterocycles. The minimum atomic E-state index is -0.298. The second kappa shape index (κ2) is 3.76. The van der Waals surface area contributed by atoms with Gasteiger partial charge in [0, 0.05) is 17.5 Å². The number of fused-ring (bicyclic) bond motifs is 1. The van der Waals surface area contributed by atoms with Crippen LogP contribution < -0.4 is 5.32 Å². The average molecular weight is 217 g/mol. The fourth-order valence-corrected chi connectivity index (χ4v) is 2.12. The minimum Gasteiger partial charge on any atom is -0.461 e. The summed E-state index contributed by atoms with van der Waals surface area (Å²) in [6.07, 6.45) is 4.84. The highest BCUT2D eigenvalue weighted by molar-refractivity contribution is 5.91. The van der Waals surface area contributed by atoms with Crippen molar-refractivity contribution in [3.8, 4) is 0 Å². The van der Waals surface area contributed by atoms with Gasteiger partial charge >= 0.3 is 0 Å². The van der Waals surface area contributed by atoms with Crippen LogP contribution in [0.15, 0.2) is 35.0 Å². The number of benzene rings is 1. The Morgan fingerprint density at radius 3 is 3.06 bits per heavy atom. The van der Waals surface area contributed by atoms with Crippen molar-refractivity contribution >= 4 is 16.5 Å². The molecular weight excluding hydrogens is 205 g/mol. The second-order valence-electron chi connectivity index (χ2n) is 3.96. The first-order valence-electron chi connectivity index (χ1n) is 5.42. The molecule has 1 aliphatic heterocycles. The molecule has 1 aromatic heterocycles. The van der Waals surface area contributed by atoms with Gasteiger partial charge in [0.25, 0.3) is 0 Å². The van der Waals surface area contributed by atoms with Crippen LogP contribution in [-0.4, -0.2) is 13.1 Å². The van der Waals surface area contributed by atoms with E-state index in [1.54, 1.807) is 12.3 Å². The summed E-state index contributed by atoms with van der Waals surface area (Å²) in [5.41, 5.74) is 2.54. The Bertz CT molecular complexity index is 556. The molecule has 82 valence electrons. The Hall–Kier alpha value is -1.61. The fourth-order valence-electron chi connectivity index (χ4n) is 2.12. The predicted molar refractivity (Wildman–Crippen MR) is 61.6 cm³/mol. The number of nitrogens with one attached hydrogen (secondary N) is 1. The van der Waals surface area contributed by atoms with Crippen molar-refractivity contribution in [2.45, 2.75) is 6.42 Å². The monoisotopic (exact) mass is 217 g/mol. The first-order valence-corrected chi connectivity index (χ1v) is 5.42. The first-order chi connectivity index (χ1) is 7.86. The summed E-state index contributed by atoms with van der Waals surface area (Å²) in [4.78, 5) is 0. The van der Waals surface area contributed by atoms with Crippen LogP contribution in [0.25, 0.3) is 16.5 Å². The molecule has 1 aromatic carbocycles. The molecule has 0 amide bonds. The fraction of sp³-hybridized carbons (Fsp3) is 0.231. The Morgan fingerprint density at radius 1 is 1.31 bits per heavy atom. The molecule has 1 aliphatic rings. The number of furan rings is 1. The number of para-hydroxylation sites is 1. The number of rotatable bonds is 1. The van der Waals surface area contributed by atoms with Crippen LogP contribution >= 0.6 is 0 Å². The third kappa shape index (κ3) is 1.44. The van der Waals surface area contributed by atoms with E-state index in [9.17, 15) is 4.39 Å². The molecule has 0 bridgehead atoms. The lowest BCUT2D eigenvalue weighted by Gasteiger charge is -2.12. The lowest BCUT2D eigenvalue weighted by molar-refractivity contribution is 0.559. The molecule has 3 rings (SSSR count). The van der Waals surface area contributed by atoms with Gasteiger partial charge in [0.2, 0.25) is 0 Å². The van der Waals surface area contributed by atoms with Crippen LogP contribution in [0.4, 0.5) is 4.39 Å². The van der Waals surface area contributed by atoms with Gasteiger partial charge in [-0.3, -0.25) is 0 Å². The van der Waals surface area contributed by atoms with Gasteiger partial charge in [-0.15, -0.1) is 0 Å². The van der Waals surface area contributed by atoms with Crippen LogP contribution in [0, 0.1) is 5.82 Å². The molecule has 0 spiro atoms. The molecule has 0 unspecified atom stereocenters. The van der Waals surface area contributed by atoms with E-state index in [4.69, 9.17) is 4.42 Å². The van der Waals surface area contributed by atoms with Gasteiger partial charge in [-0.25, -0.2) is 4.39 Å². The highest BCUT2D eigenvalue weighted by Crippen LogP contribution is 2.29. The lowest BCUT2D eigenvalue weighted by atomic mass is 10.0. The van der Waals surface area contributed by atoms with Crippen LogP contribution in [0.3, 0.4) is 0 Å². The summed E-state index contributed by atoms with van der Waals surface area (Å²) in [6.45, 7) is 1.83. The van der Waals surface area contributed by atoms with Crippen molar-refractivity contribution in [2.24, 2.45) is 0 Å². The Kier molecular flexibility index (Phi) is 2.26. The van der Waals surface area contributed by atoms with Crippen LogP contribution in [0.5, 0.6) is 0 Å². The molecule has 3 heteroatoms. The Labute approximate surface area is 92.8 Å². The quantitative estimate of drug-likeness (QED) is 0.794. The summed E-state index contributed by atoms with van der Waals surface area (Å²) in [5.74, 6) is -0.298. The molecule has 0 aliphatic carbocycles. The number of hydrogen-bond acceptors (Lipinski definition) is 2. The predicted octanol–water partition coefficient (Wildman–Crippen LogP) is 2.95. The second-order valence-corrected chi connectivity index (χ2v) is 3.96. The number of hydrogen-bond donors (Lipinski definition) is 1. The van der Waals surface area contributed by atoms with Crippen molar-refractivity contribution in [2.75, 3.05) is 13.1 Å². The maximum Gasteiger partial charge on any atom is 0.170 e. The zero-order valence-electron chi connectivity index (χ0n) is 8.79. The highest BCUT2D eigenvalue weighted by atomic mass is 19.1. The smallest absolute Gasteiger partial charge is 0.170 e. The van der Waals surface area contributed by atoms with Crippen molar-refractivity contribution in [3.05, 3.63) is 41.9 Å². The van der Waals surface area contributed by atoms with E-state index in [0.717, 1.165) is 30.5 Å². The lowest BCUT2D eigenvalue weighted by Crippen LogP contribution is -2.21. The van der Waals surface area contributed by atoms with E-state index in [2.05, 4.69) is 11.4 Å².